The summed E-state index contributed by atoms with van der Waals surface area (Å²) in [6, 6.07) is 6.81. The molecular formula is C18H28BrNO. The summed E-state index contributed by atoms with van der Waals surface area (Å²) in [6.45, 7) is 8.00. The van der Waals surface area contributed by atoms with Crippen LogP contribution in [0, 0.1) is 17.8 Å². The van der Waals surface area contributed by atoms with E-state index in [2.05, 4.69) is 54.2 Å². The van der Waals surface area contributed by atoms with Crippen LogP contribution in [0.5, 0.6) is 5.75 Å². The molecule has 21 heavy (non-hydrogen) atoms. The number of methoxy groups -OCH3 is 1. The molecule has 1 aliphatic rings. The highest BCUT2D eigenvalue weighted by Crippen LogP contribution is 2.34. The lowest BCUT2D eigenvalue weighted by molar-refractivity contribution is 0.169. The Morgan fingerprint density at radius 3 is 2.76 bits per heavy atom. The molecular weight excluding hydrogens is 326 g/mol. The van der Waals surface area contributed by atoms with Crippen LogP contribution >= 0.6 is 15.9 Å². The van der Waals surface area contributed by atoms with Gasteiger partial charge in [0, 0.05) is 17.1 Å². The van der Waals surface area contributed by atoms with Gasteiger partial charge in [-0.25, -0.2) is 0 Å². The first kappa shape index (κ1) is 16.8. The van der Waals surface area contributed by atoms with Crippen molar-refractivity contribution in [3.63, 3.8) is 0 Å². The van der Waals surface area contributed by atoms with Crippen LogP contribution in [0.3, 0.4) is 0 Å². The molecule has 118 valence electrons. The van der Waals surface area contributed by atoms with Crippen LogP contribution in [-0.4, -0.2) is 13.2 Å². The summed E-state index contributed by atoms with van der Waals surface area (Å²) < 4.78 is 6.48. The van der Waals surface area contributed by atoms with E-state index in [4.69, 9.17) is 4.74 Å². The summed E-state index contributed by atoms with van der Waals surface area (Å²) >= 11 is 3.65. The molecule has 1 aromatic rings. The van der Waals surface area contributed by atoms with Crippen molar-refractivity contribution in [3.8, 4) is 5.75 Å². The van der Waals surface area contributed by atoms with Crippen LogP contribution in [0.2, 0.25) is 0 Å². The third-order valence-corrected chi connectivity index (χ3v) is 5.60. The average Bonchev–Trinajstić information content (AvgIpc) is 2.46. The van der Waals surface area contributed by atoms with Crippen LogP contribution in [-0.2, 0) is 6.54 Å². The molecule has 1 fully saturated rings. The van der Waals surface area contributed by atoms with Gasteiger partial charge in [-0.3, -0.25) is 0 Å². The van der Waals surface area contributed by atoms with E-state index in [0.717, 1.165) is 34.5 Å². The van der Waals surface area contributed by atoms with Gasteiger partial charge in [0.05, 0.1) is 7.11 Å². The van der Waals surface area contributed by atoms with Gasteiger partial charge < -0.3 is 10.1 Å². The fourth-order valence-electron chi connectivity index (χ4n) is 3.49. The molecule has 0 radical (unpaired) electrons. The highest BCUT2D eigenvalue weighted by atomic mass is 79.9. The third-order valence-electron chi connectivity index (χ3n) is 4.83. The fourth-order valence-corrected chi connectivity index (χ4v) is 3.88. The molecule has 0 saturated heterocycles. The minimum atomic E-state index is 0.631. The number of halogens is 1. The minimum Gasteiger partial charge on any atom is -0.497 e. The Morgan fingerprint density at radius 1 is 1.33 bits per heavy atom. The van der Waals surface area contributed by atoms with E-state index in [1.807, 2.05) is 6.07 Å². The van der Waals surface area contributed by atoms with Crippen LogP contribution in [0.4, 0.5) is 0 Å². The molecule has 1 aliphatic carbocycles. The van der Waals surface area contributed by atoms with Crippen molar-refractivity contribution in [3.05, 3.63) is 28.2 Å². The van der Waals surface area contributed by atoms with Gasteiger partial charge in [-0.1, -0.05) is 43.1 Å². The molecule has 3 atom stereocenters. The van der Waals surface area contributed by atoms with Gasteiger partial charge in [-0.15, -0.1) is 0 Å². The van der Waals surface area contributed by atoms with E-state index in [1.54, 1.807) is 7.11 Å². The summed E-state index contributed by atoms with van der Waals surface area (Å²) in [4.78, 5) is 0. The first-order chi connectivity index (χ1) is 10.0. The maximum Gasteiger partial charge on any atom is 0.119 e. The van der Waals surface area contributed by atoms with Crippen molar-refractivity contribution in [2.24, 2.45) is 17.8 Å². The van der Waals surface area contributed by atoms with Crippen LogP contribution in [0.15, 0.2) is 22.7 Å². The Hall–Kier alpha value is -0.540. The molecule has 1 N–H and O–H groups in total. The molecule has 0 bridgehead atoms. The topological polar surface area (TPSA) is 21.3 Å². The molecule has 0 spiro atoms. The maximum absolute atomic E-state index is 5.33. The molecule has 0 aromatic heterocycles. The predicted molar refractivity (Wildman–Crippen MR) is 92.7 cm³/mol. The summed E-state index contributed by atoms with van der Waals surface area (Å²) in [5.41, 5.74) is 1.27. The lowest BCUT2D eigenvalue weighted by atomic mass is 9.74. The largest absolute Gasteiger partial charge is 0.497 e. The van der Waals surface area contributed by atoms with Crippen molar-refractivity contribution < 1.29 is 4.74 Å². The predicted octanol–water partition coefficient (Wildman–Crippen LogP) is 5.01. The van der Waals surface area contributed by atoms with Gasteiger partial charge in [0.1, 0.15) is 5.75 Å². The van der Waals surface area contributed by atoms with Gasteiger partial charge >= 0.3 is 0 Å². The summed E-state index contributed by atoms with van der Waals surface area (Å²) in [6.07, 6.45) is 4.03. The van der Waals surface area contributed by atoms with E-state index in [1.165, 1.54) is 24.8 Å². The molecule has 0 amide bonds. The second-order valence-electron chi connectivity index (χ2n) is 6.77. The van der Waals surface area contributed by atoms with E-state index in [0.29, 0.717) is 6.04 Å². The van der Waals surface area contributed by atoms with Crippen molar-refractivity contribution >= 4 is 15.9 Å². The number of nitrogens with one attached hydrogen (secondary N) is 1. The van der Waals surface area contributed by atoms with Gasteiger partial charge in [0.15, 0.2) is 0 Å². The molecule has 2 rings (SSSR count). The lowest BCUT2D eigenvalue weighted by Gasteiger charge is -2.38. The smallest absolute Gasteiger partial charge is 0.119 e. The zero-order valence-corrected chi connectivity index (χ0v) is 15.2. The third kappa shape index (κ3) is 4.46. The number of benzene rings is 1. The van der Waals surface area contributed by atoms with Crippen LogP contribution in [0.1, 0.15) is 45.6 Å². The average molecular weight is 354 g/mol. The molecule has 0 heterocycles. The highest BCUT2D eigenvalue weighted by molar-refractivity contribution is 9.10. The fraction of sp³-hybridized carbons (Fsp3) is 0.667. The highest BCUT2D eigenvalue weighted by Gasteiger charge is 2.30. The van der Waals surface area contributed by atoms with E-state index in [-0.39, 0.29) is 0 Å². The molecule has 2 nitrogen and oxygen atoms in total. The van der Waals surface area contributed by atoms with Gasteiger partial charge in [-0.05, 0) is 54.4 Å². The van der Waals surface area contributed by atoms with Crippen molar-refractivity contribution in [2.75, 3.05) is 7.11 Å². The minimum absolute atomic E-state index is 0.631. The number of hydrogen-bond donors (Lipinski definition) is 1. The number of rotatable bonds is 5. The maximum atomic E-state index is 5.33. The van der Waals surface area contributed by atoms with Gasteiger partial charge in [0.25, 0.3) is 0 Å². The summed E-state index contributed by atoms with van der Waals surface area (Å²) in [5, 5.41) is 3.81. The first-order valence-electron chi connectivity index (χ1n) is 8.07. The zero-order valence-electron chi connectivity index (χ0n) is 13.7. The second kappa shape index (κ2) is 7.64. The lowest BCUT2D eigenvalue weighted by Crippen LogP contribution is -2.42. The van der Waals surface area contributed by atoms with E-state index >= 15 is 0 Å². The second-order valence-corrected chi connectivity index (χ2v) is 7.63. The number of hydrogen-bond acceptors (Lipinski definition) is 2. The van der Waals surface area contributed by atoms with Crippen molar-refractivity contribution in [1.29, 1.82) is 0 Å². The Morgan fingerprint density at radius 2 is 2.10 bits per heavy atom. The standard InChI is InChI=1S/C18H28BrNO/c1-12(2)16-7-5-13(3)9-18(16)20-11-14-10-15(21-4)6-8-17(14)19/h6,8,10,12-13,16,18,20H,5,7,9,11H2,1-4H3. The molecule has 1 aromatic carbocycles. The van der Waals surface area contributed by atoms with Crippen LogP contribution in [0.25, 0.3) is 0 Å². The first-order valence-corrected chi connectivity index (χ1v) is 8.86. The van der Waals surface area contributed by atoms with Crippen molar-refractivity contribution in [1.82, 2.24) is 5.32 Å². The van der Waals surface area contributed by atoms with Crippen LogP contribution < -0.4 is 10.1 Å². The number of ether oxygens (including phenoxy) is 1. The molecule has 3 heteroatoms. The normalized spacial score (nSPS) is 26.1. The molecule has 3 unspecified atom stereocenters. The summed E-state index contributed by atoms with van der Waals surface area (Å²) in [5.74, 6) is 3.31. The van der Waals surface area contributed by atoms with Crippen molar-refractivity contribution in [2.45, 2.75) is 52.6 Å². The summed E-state index contributed by atoms with van der Waals surface area (Å²) in [7, 11) is 1.72. The quantitative estimate of drug-likeness (QED) is 0.803. The monoisotopic (exact) mass is 353 g/mol. The van der Waals surface area contributed by atoms with Gasteiger partial charge in [-0.2, -0.15) is 0 Å². The zero-order chi connectivity index (χ0) is 15.4. The van der Waals surface area contributed by atoms with E-state index in [9.17, 15) is 0 Å². The van der Waals surface area contributed by atoms with E-state index < -0.39 is 0 Å². The Balaban J connectivity index is 2.03. The Bertz CT molecular complexity index is 461. The Kier molecular flexibility index (Phi) is 6.12. The Labute approximate surface area is 137 Å². The SMILES string of the molecule is COc1ccc(Br)c(CNC2CC(C)CCC2C(C)C)c1. The molecule has 1 saturated carbocycles. The van der Waals surface area contributed by atoms with Gasteiger partial charge in [0.2, 0.25) is 0 Å². The molecule has 0 aliphatic heterocycles.